The maximum Gasteiger partial charge on any atom is 0.110 e. The van der Waals surface area contributed by atoms with Crippen molar-refractivity contribution in [2.45, 2.75) is 26.3 Å². The van der Waals surface area contributed by atoms with E-state index in [0.717, 1.165) is 29.2 Å². The van der Waals surface area contributed by atoms with Crippen LogP contribution in [0.3, 0.4) is 0 Å². The first-order valence-corrected chi connectivity index (χ1v) is 5.97. The molecule has 0 aliphatic rings. The van der Waals surface area contributed by atoms with E-state index in [9.17, 15) is 0 Å². The van der Waals surface area contributed by atoms with Crippen LogP contribution in [0, 0.1) is 13.8 Å². The highest BCUT2D eigenvalue weighted by molar-refractivity contribution is 5.24. The number of nitrogens with one attached hydrogen (secondary N) is 1. The van der Waals surface area contributed by atoms with E-state index in [2.05, 4.69) is 27.5 Å². The molecule has 2 aromatic rings. The van der Waals surface area contributed by atoms with Gasteiger partial charge in [-0.1, -0.05) is 0 Å². The van der Waals surface area contributed by atoms with Gasteiger partial charge in [0.1, 0.15) is 5.82 Å². The molecule has 0 aliphatic heterocycles. The van der Waals surface area contributed by atoms with Crippen LogP contribution in [0.5, 0.6) is 0 Å². The van der Waals surface area contributed by atoms with Crippen LogP contribution in [0.2, 0.25) is 0 Å². The molecule has 0 spiro atoms. The summed E-state index contributed by atoms with van der Waals surface area (Å²) in [7, 11) is 1.99. The average molecular weight is 245 g/mol. The predicted molar refractivity (Wildman–Crippen MR) is 70.7 cm³/mol. The molecule has 0 radical (unpaired) electrons. The molecule has 96 valence electrons. The van der Waals surface area contributed by atoms with Gasteiger partial charge in [0, 0.05) is 37.3 Å². The van der Waals surface area contributed by atoms with Crippen LogP contribution in [0.4, 0.5) is 0 Å². The zero-order valence-electron chi connectivity index (χ0n) is 11.0. The van der Waals surface area contributed by atoms with Gasteiger partial charge in [-0.15, -0.1) is 0 Å². The molecule has 3 N–H and O–H groups in total. The van der Waals surface area contributed by atoms with E-state index in [0.29, 0.717) is 0 Å². The quantitative estimate of drug-likeness (QED) is 0.627. The van der Waals surface area contributed by atoms with E-state index in [-0.39, 0.29) is 6.04 Å². The Kier molecular flexibility index (Phi) is 3.74. The predicted octanol–water partition coefficient (Wildman–Crippen LogP) is 1.18. The van der Waals surface area contributed by atoms with E-state index in [1.807, 2.05) is 31.7 Å². The summed E-state index contributed by atoms with van der Waals surface area (Å²) in [5, 5.41) is 0. The Morgan fingerprint density at radius 2 is 2.00 bits per heavy atom. The number of nitrogens with zero attached hydrogens (tertiary/aromatic N) is 3. The third-order valence-electron chi connectivity index (χ3n) is 3.02. The van der Waals surface area contributed by atoms with E-state index < -0.39 is 0 Å². The van der Waals surface area contributed by atoms with Gasteiger partial charge in [-0.2, -0.15) is 0 Å². The molecule has 0 aromatic carbocycles. The third-order valence-corrected chi connectivity index (χ3v) is 3.02. The van der Waals surface area contributed by atoms with Crippen LogP contribution < -0.4 is 11.3 Å². The minimum absolute atomic E-state index is 0.0477. The highest BCUT2D eigenvalue weighted by Gasteiger charge is 2.14. The van der Waals surface area contributed by atoms with Crippen molar-refractivity contribution in [2.75, 3.05) is 0 Å². The second-order valence-electron chi connectivity index (χ2n) is 4.56. The van der Waals surface area contributed by atoms with Crippen molar-refractivity contribution in [3.05, 3.63) is 47.3 Å². The molecule has 1 unspecified atom stereocenters. The van der Waals surface area contributed by atoms with Crippen LogP contribution in [-0.4, -0.2) is 14.5 Å². The van der Waals surface area contributed by atoms with Crippen LogP contribution in [0.15, 0.2) is 24.5 Å². The first-order valence-electron chi connectivity index (χ1n) is 5.97. The summed E-state index contributed by atoms with van der Waals surface area (Å²) in [6.45, 7) is 3.98. The monoisotopic (exact) mass is 245 g/mol. The normalized spacial score (nSPS) is 12.7. The number of rotatable bonds is 4. The van der Waals surface area contributed by atoms with Crippen LogP contribution in [0.25, 0.3) is 0 Å². The van der Waals surface area contributed by atoms with E-state index in [4.69, 9.17) is 5.84 Å². The van der Waals surface area contributed by atoms with E-state index >= 15 is 0 Å². The lowest BCUT2D eigenvalue weighted by Gasteiger charge is -2.17. The van der Waals surface area contributed by atoms with Gasteiger partial charge in [0.2, 0.25) is 0 Å². The van der Waals surface area contributed by atoms with Crippen molar-refractivity contribution in [3.8, 4) is 0 Å². The molecular weight excluding hydrogens is 226 g/mol. The lowest BCUT2D eigenvalue weighted by Crippen LogP contribution is -2.30. The van der Waals surface area contributed by atoms with Gasteiger partial charge in [-0.3, -0.25) is 16.3 Å². The molecule has 2 heterocycles. The molecule has 0 saturated carbocycles. The van der Waals surface area contributed by atoms with E-state index in [1.54, 1.807) is 6.20 Å². The molecule has 0 bridgehead atoms. The number of aromatic nitrogens is 3. The van der Waals surface area contributed by atoms with Crippen molar-refractivity contribution < 1.29 is 0 Å². The Morgan fingerprint density at radius 3 is 2.50 bits per heavy atom. The second kappa shape index (κ2) is 5.29. The maximum atomic E-state index is 5.66. The minimum atomic E-state index is 0.0477. The SMILES string of the molecule is Cc1cc(C(Cc2nccn2C)NN)cc(C)n1. The fourth-order valence-corrected chi connectivity index (χ4v) is 2.12. The summed E-state index contributed by atoms with van der Waals surface area (Å²) < 4.78 is 2.01. The lowest BCUT2D eigenvalue weighted by atomic mass is 10.0. The first-order chi connectivity index (χ1) is 8.60. The number of hydrazine groups is 1. The van der Waals surface area contributed by atoms with Crippen LogP contribution in [0.1, 0.15) is 28.8 Å². The number of imidazole rings is 1. The van der Waals surface area contributed by atoms with Gasteiger partial charge >= 0.3 is 0 Å². The molecule has 1 atom stereocenters. The highest BCUT2D eigenvalue weighted by atomic mass is 15.2. The molecule has 0 fully saturated rings. The number of hydrogen-bond donors (Lipinski definition) is 2. The topological polar surface area (TPSA) is 68.8 Å². The van der Waals surface area contributed by atoms with Gasteiger partial charge in [-0.25, -0.2) is 4.98 Å². The van der Waals surface area contributed by atoms with Crippen LogP contribution >= 0.6 is 0 Å². The van der Waals surface area contributed by atoms with Gasteiger partial charge in [0.05, 0.1) is 6.04 Å². The highest BCUT2D eigenvalue weighted by Crippen LogP contribution is 2.18. The molecule has 18 heavy (non-hydrogen) atoms. The van der Waals surface area contributed by atoms with Crippen molar-refractivity contribution in [1.29, 1.82) is 0 Å². The van der Waals surface area contributed by atoms with Crippen molar-refractivity contribution in [1.82, 2.24) is 20.0 Å². The molecule has 5 nitrogen and oxygen atoms in total. The largest absolute Gasteiger partial charge is 0.338 e. The molecular formula is C13H19N5. The number of hydrogen-bond acceptors (Lipinski definition) is 4. The first kappa shape index (κ1) is 12.7. The maximum absolute atomic E-state index is 5.66. The fraction of sp³-hybridized carbons (Fsp3) is 0.385. The van der Waals surface area contributed by atoms with Gasteiger partial charge in [-0.05, 0) is 31.5 Å². The summed E-state index contributed by atoms with van der Waals surface area (Å²) in [6, 6.07) is 4.16. The summed E-state index contributed by atoms with van der Waals surface area (Å²) in [6.07, 6.45) is 4.49. The summed E-state index contributed by atoms with van der Waals surface area (Å²) >= 11 is 0. The smallest absolute Gasteiger partial charge is 0.110 e. The minimum Gasteiger partial charge on any atom is -0.338 e. The van der Waals surface area contributed by atoms with Crippen molar-refractivity contribution in [2.24, 2.45) is 12.9 Å². The molecule has 0 saturated heterocycles. The molecule has 5 heteroatoms. The average Bonchev–Trinajstić information content (AvgIpc) is 2.70. The molecule has 2 aromatic heterocycles. The zero-order valence-corrected chi connectivity index (χ0v) is 11.0. The Bertz CT molecular complexity index is 512. The number of nitrogens with two attached hydrogens (primary N) is 1. The van der Waals surface area contributed by atoms with Gasteiger partial charge in [0.25, 0.3) is 0 Å². The summed E-state index contributed by atoms with van der Waals surface area (Å²) in [4.78, 5) is 8.70. The third kappa shape index (κ3) is 2.75. The Balaban J connectivity index is 2.25. The summed E-state index contributed by atoms with van der Waals surface area (Å²) in [5.41, 5.74) is 6.01. The second-order valence-corrected chi connectivity index (χ2v) is 4.56. The Morgan fingerprint density at radius 1 is 1.33 bits per heavy atom. The van der Waals surface area contributed by atoms with Crippen molar-refractivity contribution in [3.63, 3.8) is 0 Å². The molecule has 2 rings (SSSR count). The Hall–Kier alpha value is -1.72. The molecule has 0 aliphatic carbocycles. The fourth-order valence-electron chi connectivity index (χ4n) is 2.12. The summed E-state index contributed by atoms with van der Waals surface area (Å²) in [5.74, 6) is 6.67. The van der Waals surface area contributed by atoms with Gasteiger partial charge in [0.15, 0.2) is 0 Å². The zero-order chi connectivity index (χ0) is 13.1. The van der Waals surface area contributed by atoms with Crippen LogP contribution in [-0.2, 0) is 13.5 Å². The standard InChI is InChI=1S/C13H19N5/c1-9-6-11(7-10(2)16-9)12(17-14)8-13-15-4-5-18(13)3/h4-7,12,17H,8,14H2,1-3H3. The van der Waals surface area contributed by atoms with Crippen molar-refractivity contribution >= 4 is 0 Å². The lowest BCUT2D eigenvalue weighted by molar-refractivity contribution is 0.529. The van der Waals surface area contributed by atoms with E-state index in [1.165, 1.54) is 0 Å². The number of pyridine rings is 1. The molecule has 0 amide bonds. The Labute approximate surface area is 107 Å². The van der Waals surface area contributed by atoms with Gasteiger partial charge < -0.3 is 4.57 Å². The number of aryl methyl sites for hydroxylation is 3.